The Morgan fingerprint density at radius 3 is 1.52 bits per heavy atom. The summed E-state index contributed by atoms with van der Waals surface area (Å²) in [5.74, 6) is 3.62. The highest BCUT2D eigenvalue weighted by Gasteiger charge is 2.66. The zero-order chi connectivity index (χ0) is 15.4. The summed E-state index contributed by atoms with van der Waals surface area (Å²) >= 11 is 0. The Kier molecular flexibility index (Phi) is 3.53. The maximum absolute atomic E-state index is 5.89. The molecule has 0 aromatic heterocycles. The van der Waals surface area contributed by atoms with E-state index in [4.69, 9.17) is 19.5 Å². The Hall–Kier alpha value is -1.06. The van der Waals surface area contributed by atoms with E-state index in [2.05, 4.69) is 41.5 Å². The molecule has 2 aliphatic heterocycles. The predicted octanol–water partition coefficient (Wildman–Crippen LogP) is 3.17. The molecule has 0 N–H and O–H groups in total. The van der Waals surface area contributed by atoms with Gasteiger partial charge in [-0.15, -0.1) is 0 Å². The van der Waals surface area contributed by atoms with Crippen LogP contribution in [0.5, 0.6) is 0 Å². The summed E-state index contributed by atoms with van der Waals surface area (Å²) in [6, 6.07) is 0.624. The molecule has 0 spiro atoms. The first kappa shape index (κ1) is 14.9. The van der Waals surface area contributed by atoms with Crippen molar-refractivity contribution in [2.45, 2.75) is 53.6 Å². The molecule has 21 heavy (non-hydrogen) atoms. The second kappa shape index (κ2) is 4.99. The number of hydrogen-bond donors (Lipinski definition) is 0. The second-order valence-electron chi connectivity index (χ2n) is 7.96. The van der Waals surface area contributed by atoms with E-state index in [1.807, 2.05) is 0 Å². The molecule has 0 aromatic carbocycles. The number of hydrogen-bond acceptors (Lipinski definition) is 4. The third-order valence-corrected chi connectivity index (χ3v) is 5.29. The standard InChI is InChI=1S/C17H28N2O2/c1-9(2)11-7-20-15(18-11)13-14(17(13,5)6)16-19-12(8-21-16)10(3)4/h9-14H,7-8H2,1-6H3/t11-,12-,13-,14+/m0/s1. The van der Waals surface area contributed by atoms with Gasteiger partial charge in [0.1, 0.15) is 13.2 Å². The molecule has 4 nitrogen and oxygen atoms in total. The van der Waals surface area contributed by atoms with Crippen molar-refractivity contribution >= 4 is 11.8 Å². The lowest BCUT2D eigenvalue weighted by Crippen LogP contribution is -2.13. The van der Waals surface area contributed by atoms with E-state index in [-0.39, 0.29) is 5.41 Å². The van der Waals surface area contributed by atoms with Gasteiger partial charge in [-0.2, -0.15) is 0 Å². The molecular formula is C17H28N2O2. The SMILES string of the molecule is CC(C)[C@@H]1COC([C@@H]2[C@H](C3=N[C@H](C(C)C)CO3)C2(C)C)=N1. The Morgan fingerprint density at radius 2 is 1.24 bits per heavy atom. The minimum Gasteiger partial charge on any atom is -0.478 e. The topological polar surface area (TPSA) is 43.2 Å². The maximum Gasteiger partial charge on any atom is 0.188 e. The van der Waals surface area contributed by atoms with Gasteiger partial charge >= 0.3 is 0 Å². The molecule has 0 aromatic rings. The minimum atomic E-state index is 0.148. The normalized spacial score (nSPS) is 37.3. The van der Waals surface area contributed by atoms with Crippen molar-refractivity contribution in [3.05, 3.63) is 0 Å². The fourth-order valence-electron chi connectivity index (χ4n) is 3.40. The van der Waals surface area contributed by atoms with E-state index >= 15 is 0 Å². The first-order valence-corrected chi connectivity index (χ1v) is 8.23. The predicted molar refractivity (Wildman–Crippen MR) is 84.8 cm³/mol. The van der Waals surface area contributed by atoms with Crippen LogP contribution in [0.25, 0.3) is 0 Å². The van der Waals surface area contributed by atoms with E-state index in [0.29, 0.717) is 35.8 Å². The van der Waals surface area contributed by atoms with Crippen molar-refractivity contribution in [3.63, 3.8) is 0 Å². The van der Waals surface area contributed by atoms with Crippen LogP contribution in [-0.2, 0) is 9.47 Å². The lowest BCUT2D eigenvalue weighted by molar-refractivity contribution is 0.277. The van der Waals surface area contributed by atoms with Crippen molar-refractivity contribution in [1.82, 2.24) is 0 Å². The van der Waals surface area contributed by atoms with E-state index < -0.39 is 0 Å². The van der Waals surface area contributed by atoms with Crippen LogP contribution >= 0.6 is 0 Å². The summed E-state index contributed by atoms with van der Waals surface area (Å²) in [5, 5.41) is 0. The number of aliphatic imine (C=N–C) groups is 2. The van der Waals surface area contributed by atoms with Crippen LogP contribution in [0.2, 0.25) is 0 Å². The van der Waals surface area contributed by atoms with Gasteiger partial charge < -0.3 is 9.47 Å². The smallest absolute Gasteiger partial charge is 0.188 e. The van der Waals surface area contributed by atoms with E-state index in [1.54, 1.807) is 0 Å². The summed E-state index contributed by atoms with van der Waals surface area (Å²) in [6.07, 6.45) is 0. The molecule has 0 unspecified atom stereocenters. The summed E-state index contributed by atoms with van der Waals surface area (Å²) in [5.41, 5.74) is 0.148. The minimum absolute atomic E-state index is 0.148. The van der Waals surface area contributed by atoms with Gasteiger partial charge in [-0.05, 0) is 17.3 Å². The fraction of sp³-hybridized carbons (Fsp3) is 0.882. The highest BCUT2D eigenvalue weighted by Crippen LogP contribution is 2.61. The zero-order valence-corrected chi connectivity index (χ0v) is 14.1. The second-order valence-corrected chi connectivity index (χ2v) is 7.96. The first-order valence-electron chi connectivity index (χ1n) is 8.23. The third kappa shape index (κ3) is 2.47. The van der Waals surface area contributed by atoms with Crippen molar-refractivity contribution in [2.24, 2.45) is 39.1 Å². The molecule has 1 saturated carbocycles. The van der Waals surface area contributed by atoms with Crippen molar-refractivity contribution in [3.8, 4) is 0 Å². The summed E-state index contributed by atoms with van der Waals surface area (Å²) in [7, 11) is 0. The monoisotopic (exact) mass is 292 g/mol. The number of rotatable bonds is 4. The molecule has 0 saturated heterocycles. The van der Waals surface area contributed by atoms with Gasteiger partial charge in [0.15, 0.2) is 11.8 Å². The fourth-order valence-corrected chi connectivity index (χ4v) is 3.40. The molecule has 3 aliphatic rings. The molecule has 0 amide bonds. The van der Waals surface area contributed by atoms with E-state index in [0.717, 1.165) is 25.0 Å². The molecule has 2 heterocycles. The Bertz CT molecular complexity index is 437. The quantitative estimate of drug-likeness (QED) is 0.799. The number of nitrogens with zero attached hydrogens (tertiary/aromatic N) is 2. The van der Waals surface area contributed by atoms with E-state index in [9.17, 15) is 0 Å². The van der Waals surface area contributed by atoms with Crippen LogP contribution in [-0.4, -0.2) is 37.1 Å². The van der Waals surface area contributed by atoms with Gasteiger partial charge in [-0.3, -0.25) is 0 Å². The molecule has 1 aliphatic carbocycles. The van der Waals surface area contributed by atoms with Crippen LogP contribution in [0.3, 0.4) is 0 Å². The largest absolute Gasteiger partial charge is 0.478 e. The molecule has 3 rings (SSSR count). The lowest BCUT2D eigenvalue weighted by atomic mass is 10.1. The summed E-state index contributed by atoms with van der Waals surface area (Å²) in [4.78, 5) is 9.61. The lowest BCUT2D eigenvalue weighted by Gasteiger charge is -2.06. The highest BCUT2D eigenvalue weighted by molar-refractivity contribution is 5.95. The maximum atomic E-state index is 5.89. The average molecular weight is 292 g/mol. The molecule has 0 bridgehead atoms. The van der Waals surface area contributed by atoms with Crippen LogP contribution < -0.4 is 0 Å². The average Bonchev–Trinajstić information content (AvgIpc) is 2.88. The Morgan fingerprint density at radius 1 is 0.857 bits per heavy atom. The van der Waals surface area contributed by atoms with Crippen molar-refractivity contribution < 1.29 is 9.47 Å². The van der Waals surface area contributed by atoms with Crippen molar-refractivity contribution in [2.75, 3.05) is 13.2 Å². The third-order valence-electron chi connectivity index (χ3n) is 5.29. The van der Waals surface area contributed by atoms with Crippen LogP contribution in [0, 0.1) is 29.1 Å². The van der Waals surface area contributed by atoms with E-state index in [1.165, 1.54) is 0 Å². The van der Waals surface area contributed by atoms with Gasteiger partial charge in [-0.25, -0.2) is 9.98 Å². The molecule has 1 fully saturated rings. The summed E-state index contributed by atoms with van der Waals surface area (Å²) in [6.45, 7) is 14.8. The van der Waals surface area contributed by atoms with Crippen LogP contribution in [0.4, 0.5) is 0 Å². The van der Waals surface area contributed by atoms with Gasteiger partial charge in [0, 0.05) is 0 Å². The molecule has 118 valence electrons. The van der Waals surface area contributed by atoms with Gasteiger partial charge in [0.2, 0.25) is 0 Å². The first-order chi connectivity index (χ1) is 9.82. The van der Waals surface area contributed by atoms with Gasteiger partial charge in [-0.1, -0.05) is 41.5 Å². The highest BCUT2D eigenvalue weighted by atomic mass is 16.5. The Labute approximate surface area is 128 Å². The molecule has 4 atom stereocenters. The van der Waals surface area contributed by atoms with Gasteiger partial charge in [0.25, 0.3) is 0 Å². The Balaban J connectivity index is 1.74. The zero-order valence-electron chi connectivity index (χ0n) is 14.1. The molecule has 4 heteroatoms. The molecular weight excluding hydrogens is 264 g/mol. The summed E-state index contributed by atoms with van der Waals surface area (Å²) < 4.78 is 11.8. The van der Waals surface area contributed by atoms with Crippen molar-refractivity contribution in [1.29, 1.82) is 0 Å². The van der Waals surface area contributed by atoms with Crippen LogP contribution in [0.1, 0.15) is 41.5 Å². The molecule has 0 radical (unpaired) electrons. The van der Waals surface area contributed by atoms with Gasteiger partial charge in [0.05, 0.1) is 23.9 Å². The van der Waals surface area contributed by atoms with Crippen LogP contribution in [0.15, 0.2) is 9.98 Å². The number of ether oxygens (including phenoxy) is 2.